The first-order valence-electron chi connectivity index (χ1n) is 9.69. The fourth-order valence-corrected chi connectivity index (χ4v) is 4.10. The summed E-state index contributed by atoms with van der Waals surface area (Å²) in [5, 5.41) is 3.66. The number of rotatable bonds is 6. The normalized spacial score (nSPS) is 20.9. The molecular weight excluding hydrogens is 414 g/mol. The molecule has 2 aromatic rings. The number of fused-ring (bicyclic) bond motifs is 4. The van der Waals surface area contributed by atoms with E-state index in [9.17, 15) is 4.39 Å². The predicted octanol–water partition coefficient (Wildman–Crippen LogP) is 4.44. The average Bonchev–Trinajstić information content (AvgIpc) is 3.00. The van der Waals surface area contributed by atoms with Crippen molar-refractivity contribution in [3.63, 3.8) is 0 Å². The van der Waals surface area contributed by atoms with Gasteiger partial charge in [-0.2, -0.15) is 0 Å². The Hall–Kier alpha value is -1.53. The molecule has 0 aromatic heterocycles. The molecule has 3 aliphatic heterocycles. The van der Waals surface area contributed by atoms with Crippen molar-refractivity contribution in [1.82, 2.24) is 10.2 Å². The minimum absolute atomic E-state index is 0. The second kappa shape index (κ2) is 11.0. The maximum atomic E-state index is 13.1. The summed E-state index contributed by atoms with van der Waals surface area (Å²) in [5.74, 6) is 1.98. The van der Waals surface area contributed by atoms with Crippen LogP contribution in [-0.2, 0) is 13.2 Å². The number of halogens is 3. The zero-order valence-electron chi connectivity index (χ0n) is 16.6. The lowest BCUT2D eigenvalue weighted by Gasteiger charge is -2.23. The van der Waals surface area contributed by atoms with Gasteiger partial charge >= 0.3 is 0 Å². The Kier molecular flexibility index (Phi) is 9.03. The van der Waals surface area contributed by atoms with Gasteiger partial charge in [-0.25, -0.2) is 4.39 Å². The lowest BCUT2D eigenvalue weighted by molar-refractivity contribution is 0.253. The molecule has 4 nitrogen and oxygen atoms in total. The summed E-state index contributed by atoms with van der Waals surface area (Å²) in [7, 11) is 1.65. The number of piperidine rings is 1. The zero-order valence-corrected chi connectivity index (χ0v) is 18.2. The number of nitrogens with one attached hydrogen (secondary N) is 1. The van der Waals surface area contributed by atoms with Crippen LogP contribution >= 0.6 is 24.8 Å². The standard InChI is InChI=1S/C22H27FN2O2.2ClH/c1-26-21-9-5-17(12-25-13-18-4-8-20(14-25)24-11-18)10-22(21)27-15-16-2-6-19(23)7-3-16;;/h2-3,5-7,9-10,18,20,24H,4,8,11-15H2,1H3;2*1H/t18-,20-;;/m0../s1. The Bertz CT molecular complexity index is 754. The van der Waals surface area contributed by atoms with Gasteiger partial charge in [0.05, 0.1) is 7.11 Å². The highest BCUT2D eigenvalue weighted by Gasteiger charge is 2.28. The lowest BCUT2D eigenvalue weighted by atomic mass is 9.97. The van der Waals surface area contributed by atoms with Gasteiger partial charge in [0.2, 0.25) is 0 Å². The zero-order chi connectivity index (χ0) is 18.6. The summed E-state index contributed by atoms with van der Waals surface area (Å²) in [5.41, 5.74) is 2.16. The van der Waals surface area contributed by atoms with Gasteiger partial charge in [-0.15, -0.1) is 24.8 Å². The van der Waals surface area contributed by atoms with Crippen LogP contribution in [0.3, 0.4) is 0 Å². The molecule has 0 unspecified atom stereocenters. The molecule has 3 saturated heterocycles. The summed E-state index contributed by atoms with van der Waals surface area (Å²) in [4.78, 5) is 2.55. The fourth-order valence-electron chi connectivity index (χ4n) is 4.10. The third-order valence-electron chi connectivity index (χ3n) is 5.56. The van der Waals surface area contributed by atoms with Gasteiger partial charge in [-0.3, -0.25) is 4.90 Å². The molecule has 0 radical (unpaired) electrons. The van der Waals surface area contributed by atoms with Crippen molar-refractivity contribution in [2.75, 3.05) is 26.7 Å². The predicted molar refractivity (Wildman–Crippen MR) is 118 cm³/mol. The molecule has 5 rings (SSSR count). The quantitative estimate of drug-likeness (QED) is 0.716. The van der Waals surface area contributed by atoms with Crippen molar-refractivity contribution in [3.05, 3.63) is 59.4 Å². The van der Waals surface area contributed by atoms with Gasteiger partial charge in [0.25, 0.3) is 0 Å². The number of nitrogens with zero attached hydrogens (tertiary/aromatic N) is 1. The van der Waals surface area contributed by atoms with Crippen molar-refractivity contribution in [1.29, 1.82) is 0 Å². The molecule has 1 N–H and O–H groups in total. The number of methoxy groups -OCH3 is 1. The van der Waals surface area contributed by atoms with E-state index in [0.29, 0.717) is 12.6 Å². The molecule has 3 heterocycles. The minimum atomic E-state index is -0.237. The van der Waals surface area contributed by atoms with E-state index < -0.39 is 0 Å². The van der Waals surface area contributed by atoms with Gasteiger partial charge in [-0.1, -0.05) is 18.2 Å². The molecule has 29 heavy (non-hydrogen) atoms. The fraction of sp³-hybridized carbons (Fsp3) is 0.455. The molecule has 3 aliphatic rings. The molecule has 0 amide bonds. The molecule has 160 valence electrons. The van der Waals surface area contributed by atoms with E-state index in [2.05, 4.69) is 22.3 Å². The monoisotopic (exact) mass is 442 g/mol. The van der Waals surface area contributed by atoms with E-state index in [-0.39, 0.29) is 30.6 Å². The second-order valence-corrected chi connectivity index (χ2v) is 7.64. The Morgan fingerprint density at radius 3 is 2.45 bits per heavy atom. The number of hydrogen-bond donors (Lipinski definition) is 1. The maximum absolute atomic E-state index is 13.1. The van der Waals surface area contributed by atoms with Crippen molar-refractivity contribution in [2.24, 2.45) is 5.92 Å². The van der Waals surface area contributed by atoms with E-state index in [1.807, 2.05) is 6.07 Å². The van der Waals surface area contributed by atoms with Gasteiger partial charge in [0.1, 0.15) is 12.4 Å². The smallest absolute Gasteiger partial charge is 0.161 e. The van der Waals surface area contributed by atoms with E-state index in [0.717, 1.165) is 49.2 Å². The summed E-state index contributed by atoms with van der Waals surface area (Å²) >= 11 is 0. The van der Waals surface area contributed by atoms with Crippen LogP contribution in [0.15, 0.2) is 42.5 Å². The first-order chi connectivity index (χ1) is 13.2. The van der Waals surface area contributed by atoms with Crippen molar-refractivity contribution in [2.45, 2.75) is 32.0 Å². The summed E-state index contributed by atoms with van der Waals surface area (Å²) < 4.78 is 24.5. The minimum Gasteiger partial charge on any atom is -0.493 e. The van der Waals surface area contributed by atoms with Gasteiger partial charge < -0.3 is 14.8 Å². The molecule has 0 spiro atoms. The van der Waals surface area contributed by atoms with Crippen LogP contribution in [0.2, 0.25) is 0 Å². The van der Waals surface area contributed by atoms with Crippen LogP contribution in [0.5, 0.6) is 11.5 Å². The lowest BCUT2D eigenvalue weighted by Crippen LogP contribution is -2.39. The third kappa shape index (κ3) is 6.22. The third-order valence-corrected chi connectivity index (χ3v) is 5.56. The molecule has 2 bridgehead atoms. The highest BCUT2D eigenvalue weighted by atomic mass is 35.5. The van der Waals surface area contributed by atoms with E-state index in [4.69, 9.17) is 9.47 Å². The Balaban J connectivity index is 0.00000150. The largest absolute Gasteiger partial charge is 0.493 e. The van der Waals surface area contributed by atoms with E-state index in [1.165, 1.54) is 30.5 Å². The average molecular weight is 443 g/mol. The molecule has 2 atom stereocenters. The van der Waals surface area contributed by atoms with E-state index in [1.54, 1.807) is 19.2 Å². The highest BCUT2D eigenvalue weighted by molar-refractivity contribution is 5.85. The number of hydrogen-bond acceptors (Lipinski definition) is 4. The van der Waals surface area contributed by atoms with Gasteiger partial charge in [0.15, 0.2) is 11.5 Å². The highest BCUT2D eigenvalue weighted by Crippen LogP contribution is 2.30. The molecule has 0 saturated carbocycles. The van der Waals surface area contributed by atoms with Crippen LogP contribution < -0.4 is 14.8 Å². The van der Waals surface area contributed by atoms with Crippen molar-refractivity contribution >= 4 is 24.8 Å². The summed E-state index contributed by atoms with van der Waals surface area (Å²) in [6.07, 6.45) is 2.62. The SMILES string of the molecule is COc1ccc(CN2C[C@H]3CC[C@@H](C2)NC3)cc1OCc1ccc(F)cc1.Cl.Cl. The van der Waals surface area contributed by atoms with Crippen LogP contribution in [0.25, 0.3) is 0 Å². The molecule has 0 aliphatic carbocycles. The van der Waals surface area contributed by atoms with Crippen molar-refractivity contribution < 1.29 is 13.9 Å². The topological polar surface area (TPSA) is 33.7 Å². The molecule has 3 fully saturated rings. The first-order valence-corrected chi connectivity index (χ1v) is 9.69. The molecule has 2 aromatic carbocycles. The maximum Gasteiger partial charge on any atom is 0.161 e. The first kappa shape index (κ1) is 23.7. The summed E-state index contributed by atoms with van der Waals surface area (Å²) in [6, 6.07) is 13.2. The van der Waals surface area contributed by atoms with Gasteiger partial charge in [0, 0.05) is 25.7 Å². The van der Waals surface area contributed by atoms with Crippen LogP contribution in [0.4, 0.5) is 4.39 Å². The van der Waals surface area contributed by atoms with Crippen molar-refractivity contribution in [3.8, 4) is 11.5 Å². The van der Waals surface area contributed by atoms with Crippen LogP contribution in [-0.4, -0.2) is 37.7 Å². The van der Waals surface area contributed by atoms with Crippen LogP contribution in [0, 0.1) is 11.7 Å². The van der Waals surface area contributed by atoms with Gasteiger partial charge in [-0.05, 0) is 60.7 Å². The Morgan fingerprint density at radius 2 is 1.76 bits per heavy atom. The second-order valence-electron chi connectivity index (χ2n) is 7.64. The van der Waals surface area contributed by atoms with Crippen LogP contribution in [0.1, 0.15) is 24.0 Å². The van der Waals surface area contributed by atoms with E-state index >= 15 is 0 Å². The Morgan fingerprint density at radius 1 is 1.00 bits per heavy atom. The molecule has 7 heteroatoms. The Labute approximate surface area is 184 Å². The molecular formula is C22H29Cl2FN2O2. The summed E-state index contributed by atoms with van der Waals surface area (Å²) in [6.45, 7) is 4.72. The number of ether oxygens (including phenoxy) is 2. The number of benzene rings is 2.